The molecule has 1 atom stereocenters. The van der Waals surface area contributed by atoms with E-state index in [4.69, 9.17) is 11.6 Å². The summed E-state index contributed by atoms with van der Waals surface area (Å²) in [6, 6.07) is 9.63. The summed E-state index contributed by atoms with van der Waals surface area (Å²) in [5.74, 6) is 0.472. The molecule has 1 aromatic carbocycles. The molecule has 0 N–H and O–H groups in total. The third kappa shape index (κ3) is 2.59. The first kappa shape index (κ1) is 10.8. The second-order valence-corrected chi connectivity index (χ2v) is 6.71. The van der Waals surface area contributed by atoms with Gasteiger partial charge in [-0.2, -0.15) is 0 Å². The third-order valence-electron chi connectivity index (χ3n) is 2.18. The largest absolute Gasteiger partial charge is 0.319 e. The molecule has 0 aliphatic heterocycles. The van der Waals surface area contributed by atoms with Crippen molar-refractivity contribution in [3.05, 3.63) is 30.3 Å². The lowest BCUT2D eigenvalue weighted by Crippen LogP contribution is -2.09. The van der Waals surface area contributed by atoms with Crippen molar-refractivity contribution >= 4 is 24.0 Å². The van der Waals surface area contributed by atoms with E-state index in [0.717, 1.165) is 5.30 Å². The summed E-state index contributed by atoms with van der Waals surface area (Å²) in [5, 5.41) is 0.957. The van der Waals surface area contributed by atoms with Crippen LogP contribution in [0.15, 0.2) is 30.3 Å². The molecule has 1 unspecified atom stereocenters. The Morgan fingerprint density at radius 1 is 1.31 bits per heavy atom. The Morgan fingerprint density at radius 3 is 2.38 bits per heavy atom. The van der Waals surface area contributed by atoms with Gasteiger partial charge in [-0.1, -0.05) is 37.3 Å². The number of hydrogen-bond donors (Lipinski definition) is 0. The Hall–Kier alpha value is -0.260. The van der Waals surface area contributed by atoms with Crippen LogP contribution in [-0.4, -0.2) is 18.2 Å². The lowest BCUT2D eigenvalue weighted by atomic mass is 10.4. The van der Waals surface area contributed by atoms with Crippen LogP contribution in [0.25, 0.3) is 0 Å². The molecule has 72 valence electrons. The van der Waals surface area contributed by atoms with Gasteiger partial charge in [-0.05, 0) is 0 Å². The van der Waals surface area contributed by atoms with Crippen molar-refractivity contribution in [2.75, 3.05) is 18.2 Å². The van der Waals surface area contributed by atoms with E-state index in [1.807, 2.05) is 37.3 Å². The summed E-state index contributed by atoms with van der Waals surface area (Å²) < 4.78 is 12.3. The molecule has 0 aromatic heterocycles. The Kier molecular flexibility index (Phi) is 4.02. The van der Waals surface area contributed by atoms with Gasteiger partial charge in [0, 0.05) is 23.5 Å². The molecule has 0 heterocycles. The fourth-order valence-corrected chi connectivity index (χ4v) is 4.05. The van der Waals surface area contributed by atoms with E-state index in [1.54, 1.807) is 0 Å². The molecule has 0 radical (unpaired) electrons. The standard InChI is InChI=1S/C10H14ClOP/c1-2-13(12,9-8-11)10-6-4-3-5-7-10/h3-7H,2,8-9H2,1H3. The molecule has 0 amide bonds. The lowest BCUT2D eigenvalue weighted by molar-refractivity contribution is 0.582. The maximum Gasteiger partial charge on any atom is 0.116 e. The fourth-order valence-electron chi connectivity index (χ4n) is 1.31. The molecular formula is C10H14ClOP. The second-order valence-electron chi connectivity index (χ2n) is 2.95. The molecule has 0 saturated heterocycles. The van der Waals surface area contributed by atoms with E-state index < -0.39 is 7.14 Å². The van der Waals surface area contributed by atoms with Crippen LogP contribution >= 0.6 is 18.7 Å². The van der Waals surface area contributed by atoms with E-state index in [9.17, 15) is 4.57 Å². The van der Waals surface area contributed by atoms with E-state index in [0.29, 0.717) is 18.2 Å². The van der Waals surface area contributed by atoms with Crippen molar-refractivity contribution in [3.8, 4) is 0 Å². The van der Waals surface area contributed by atoms with Crippen molar-refractivity contribution in [3.63, 3.8) is 0 Å². The number of rotatable bonds is 4. The van der Waals surface area contributed by atoms with Gasteiger partial charge in [0.1, 0.15) is 7.14 Å². The maximum absolute atomic E-state index is 12.3. The predicted octanol–water partition coefficient (Wildman–Crippen LogP) is 2.93. The van der Waals surface area contributed by atoms with Crippen LogP contribution in [0, 0.1) is 0 Å². The van der Waals surface area contributed by atoms with Gasteiger partial charge in [0.05, 0.1) is 0 Å². The number of alkyl halides is 1. The Morgan fingerprint density at radius 2 is 1.92 bits per heavy atom. The van der Waals surface area contributed by atoms with Crippen molar-refractivity contribution in [2.45, 2.75) is 6.92 Å². The molecule has 0 bridgehead atoms. The zero-order valence-corrected chi connectivity index (χ0v) is 9.39. The SMILES string of the molecule is CCP(=O)(CCCl)c1ccccc1. The van der Waals surface area contributed by atoms with E-state index in [-0.39, 0.29) is 0 Å². The predicted molar refractivity (Wildman–Crippen MR) is 59.8 cm³/mol. The topological polar surface area (TPSA) is 17.1 Å². The minimum absolute atomic E-state index is 0.472. The quantitative estimate of drug-likeness (QED) is 0.559. The van der Waals surface area contributed by atoms with Crippen LogP contribution < -0.4 is 5.30 Å². The summed E-state index contributed by atoms with van der Waals surface area (Å²) in [5.41, 5.74) is 0. The molecule has 1 aromatic rings. The van der Waals surface area contributed by atoms with Gasteiger partial charge in [-0.25, -0.2) is 0 Å². The molecule has 13 heavy (non-hydrogen) atoms. The third-order valence-corrected chi connectivity index (χ3v) is 5.84. The van der Waals surface area contributed by atoms with E-state index in [1.165, 1.54) is 0 Å². The Labute approximate surface area is 84.5 Å². The smallest absolute Gasteiger partial charge is 0.116 e. The van der Waals surface area contributed by atoms with Crippen molar-refractivity contribution in [1.82, 2.24) is 0 Å². The molecule has 0 fully saturated rings. The highest BCUT2D eigenvalue weighted by molar-refractivity contribution is 7.71. The number of benzene rings is 1. The van der Waals surface area contributed by atoms with Crippen LogP contribution in [0.5, 0.6) is 0 Å². The van der Waals surface area contributed by atoms with Gasteiger partial charge in [0.2, 0.25) is 0 Å². The molecule has 0 aliphatic carbocycles. The van der Waals surface area contributed by atoms with Gasteiger partial charge in [0.25, 0.3) is 0 Å². The first-order chi connectivity index (χ1) is 6.23. The van der Waals surface area contributed by atoms with E-state index >= 15 is 0 Å². The van der Waals surface area contributed by atoms with Gasteiger partial charge < -0.3 is 4.57 Å². The lowest BCUT2D eigenvalue weighted by Gasteiger charge is -2.14. The number of halogens is 1. The minimum atomic E-state index is -2.18. The summed E-state index contributed by atoms with van der Waals surface area (Å²) in [7, 11) is -2.18. The van der Waals surface area contributed by atoms with Crippen LogP contribution in [-0.2, 0) is 4.57 Å². The summed E-state index contributed by atoms with van der Waals surface area (Å²) in [6.45, 7) is 1.96. The van der Waals surface area contributed by atoms with Crippen LogP contribution in [0.2, 0.25) is 0 Å². The molecule has 1 nitrogen and oxygen atoms in total. The van der Waals surface area contributed by atoms with Crippen molar-refractivity contribution < 1.29 is 4.57 Å². The van der Waals surface area contributed by atoms with E-state index in [2.05, 4.69) is 0 Å². The van der Waals surface area contributed by atoms with Gasteiger partial charge in [-0.15, -0.1) is 11.6 Å². The molecule has 3 heteroatoms. The molecule has 0 aliphatic rings. The zero-order chi connectivity index (χ0) is 9.73. The molecule has 0 saturated carbocycles. The second kappa shape index (κ2) is 4.83. The van der Waals surface area contributed by atoms with Crippen LogP contribution in [0.4, 0.5) is 0 Å². The summed E-state index contributed by atoms with van der Waals surface area (Å²) >= 11 is 5.64. The monoisotopic (exact) mass is 216 g/mol. The number of hydrogen-bond acceptors (Lipinski definition) is 1. The zero-order valence-electron chi connectivity index (χ0n) is 7.74. The first-order valence-electron chi connectivity index (χ1n) is 4.42. The normalized spacial score (nSPS) is 15.2. The molecule has 1 rings (SSSR count). The summed E-state index contributed by atoms with van der Waals surface area (Å²) in [6.07, 6.45) is 1.30. The highest BCUT2D eigenvalue weighted by Gasteiger charge is 2.20. The van der Waals surface area contributed by atoms with Crippen LogP contribution in [0.3, 0.4) is 0 Å². The molecule has 0 spiro atoms. The average molecular weight is 217 g/mol. The van der Waals surface area contributed by atoms with Crippen molar-refractivity contribution in [2.24, 2.45) is 0 Å². The first-order valence-corrected chi connectivity index (χ1v) is 7.04. The highest BCUT2D eigenvalue weighted by atomic mass is 35.5. The minimum Gasteiger partial charge on any atom is -0.319 e. The Balaban J connectivity index is 2.96. The fraction of sp³-hybridized carbons (Fsp3) is 0.400. The molecular weight excluding hydrogens is 203 g/mol. The van der Waals surface area contributed by atoms with Gasteiger partial charge >= 0.3 is 0 Å². The summed E-state index contributed by atoms with van der Waals surface area (Å²) in [4.78, 5) is 0. The Bertz CT molecular complexity index is 297. The average Bonchev–Trinajstić information content (AvgIpc) is 2.19. The van der Waals surface area contributed by atoms with Gasteiger partial charge in [0.15, 0.2) is 0 Å². The van der Waals surface area contributed by atoms with Crippen molar-refractivity contribution in [1.29, 1.82) is 0 Å². The van der Waals surface area contributed by atoms with Gasteiger partial charge in [-0.3, -0.25) is 0 Å². The van der Waals surface area contributed by atoms with Crippen LogP contribution in [0.1, 0.15) is 6.92 Å². The highest BCUT2D eigenvalue weighted by Crippen LogP contribution is 2.43. The maximum atomic E-state index is 12.3.